The van der Waals surface area contributed by atoms with Gasteiger partial charge in [-0.25, -0.2) is 0 Å². The zero-order chi connectivity index (χ0) is 14.5. The van der Waals surface area contributed by atoms with Gasteiger partial charge in [0.1, 0.15) is 0 Å². The van der Waals surface area contributed by atoms with E-state index in [2.05, 4.69) is 51.3 Å². The summed E-state index contributed by atoms with van der Waals surface area (Å²) in [6, 6.07) is 7.00. The molecule has 1 amide bonds. The fourth-order valence-corrected chi connectivity index (χ4v) is 2.95. The highest BCUT2D eigenvalue weighted by molar-refractivity contribution is 9.10. The van der Waals surface area contributed by atoms with Crippen molar-refractivity contribution in [2.24, 2.45) is 5.73 Å². The quantitative estimate of drug-likeness (QED) is 0.859. The lowest BCUT2D eigenvalue weighted by Crippen LogP contribution is -2.45. The molecule has 4 nitrogen and oxygen atoms in total. The Morgan fingerprint density at radius 2 is 2.15 bits per heavy atom. The van der Waals surface area contributed by atoms with Crippen LogP contribution in [0.15, 0.2) is 22.7 Å². The van der Waals surface area contributed by atoms with Crippen molar-refractivity contribution in [1.82, 2.24) is 10.2 Å². The van der Waals surface area contributed by atoms with Crippen molar-refractivity contribution in [3.63, 3.8) is 0 Å². The van der Waals surface area contributed by atoms with E-state index in [9.17, 15) is 4.79 Å². The maximum absolute atomic E-state index is 10.9. The molecule has 1 saturated heterocycles. The maximum Gasteiger partial charge on any atom is 0.231 e. The van der Waals surface area contributed by atoms with Gasteiger partial charge in [-0.15, -0.1) is 0 Å². The van der Waals surface area contributed by atoms with Gasteiger partial charge in [0.05, 0.1) is 6.54 Å². The van der Waals surface area contributed by atoms with Gasteiger partial charge in [0.25, 0.3) is 0 Å². The van der Waals surface area contributed by atoms with Gasteiger partial charge >= 0.3 is 0 Å². The number of piperidine rings is 1. The van der Waals surface area contributed by atoms with Gasteiger partial charge in [0.2, 0.25) is 5.91 Å². The Labute approximate surface area is 128 Å². The van der Waals surface area contributed by atoms with Crippen molar-refractivity contribution >= 4 is 21.8 Å². The number of likely N-dealkylation sites (tertiary alicyclic amines) is 1. The number of hydrogen-bond acceptors (Lipinski definition) is 3. The SMILES string of the molecule is Cc1ccc(CNC2CCN(CC(N)=O)CC2)cc1Br. The fraction of sp³-hybridized carbons (Fsp3) is 0.533. The predicted molar refractivity (Wildman–Crippen MR) is 84.4 cm³/mol. The summed E-state index contributed by atoms with van der Waals surface area (Å²) in [5.41, 5.74) is 7.77. The summed E-state index contributed by atoms with van der Waals surface area (Å²) < 4.78 is 1.16. The lowest BCUT2D eigenvalue weighted by molar-refractivity contribution is -0.119. The van der Waals surface area contributed by atoms with Crippen LogP contribution in [0.5, 0.6) is 0 Å². The molecule has 5 heteroatoms. The highest BCUT2D eigenvalue weighted by Gasteiger charge is 2.19. The van der Waals surface area contributed by atoms with Crippen LogP contribution in [0.25, 0.3) is 0 Å². The molecule has 110 valence electrons. The number of carbonyl (C=O) groups excluding carboxylic acids is 1. The van der Waals surface area contributed by atoms with Crippen LogP contribution in [0.4, 0.5) is 0 Å². The molecule has 1 aromatic rings. The first-order valence-corrected chi connectivity index (χ1v) is 7.83. The molecule has 3 N–H and O–H groups in total. The molecule has 0 saturated carbocycles. The van der Waals surface area contributed by atoms with E-state index in [1.807, 2.05) is 0 Å². The van der Waals surface area contributed by atoms with Gasteiger partial charge < -0.3 is 11.1 Å². The molecule has 1 aliphatic heterocycles. The maximum atomic E-state index is 10.9. The lowest BCUT2D eigenvalue weighted by Gasteiger charge is -2.31. The molecule has 0 aromatic heterocycles. The Hall–Kier alpha value is -0.910. The van der Waals surface area contributed by atoms with Crippen LogP contribution in [-0.2, 0) is 11.3 Å². The number of carbonyl (C=O) groups is 1. The Morgan fingerprint density at radius 1 is 1.45 bits per heavy atom. The van der Waals surface area contributed by atoms with Crippen LogP contribution < -0.4 is 11.1 Å². The molecule has 0 radical (unpaired) electrons. The molecule has 1 fully saturated rings. The van der Waals surface area contributed by atoms with Gasteiger partial charge in [-0.2, -0.15) is 0 Å². The number of nitrogens with one attached hydrogen (secondary N) is 1. The van der Waals surface area contributed by atoms with Gasteiger partial charge in [0, 0.05) is 30.1 Å². The summed E-state index contributed by atoms with van der Waals surface area (Å²) in [6.07, 6.45) is 2.14. The molecule has 0 bridgehead atoms. The Morgan fingerprint density at radius 3 is 2.75 bits per heavy atom. The molecule has 0 unspecified atom stereocenters. The number of nitrogens with two attached hydrogens (primary N) is 1. The van der Waals surface area contributed by atoms with E-state index in [4.69, 9.17) is 5.73 Å². The van der Waals surface area contributed by atoms with Gasteiger partial charge in [-0.3, -0.25) is 9.69 Å². The number of primary amides is 1. The molecule has 1 aromatic carbocycles. The van der Waals surface area contributed by atoms with Crippen LogP contribution in [0.2, 0.25) is 0 Å². The number of benzene rings is 1. The second kappa shape index (κ2) is 7.20. The first-order valence-electron chi connectivity index (χ1n) is 7.03. The molecule has 0 spiro atoms. The summed E-state index contributed by atoms with van der Waals surface area (Å²) in [5, 5.41) is 3.59. The van der Waals surface area contributed by atoms with Crippen LogP contribution in [-0.4, -0.2) is 36.5 Å². The normalized spacial score (nSPS) is 17.3. The van der Waals surface area contributed by atoms with E-state index >= 15 is 0 Å². The minimum Gasteiger partial charge on any atom is -0.369 e. The minimum atomic E-state index is -0.235. The fourth-order valence-electron chi connectivity index (χ4n) is 2.52. The third-order valence-corrected chi connectivity index (χ3v) is 4.65. The van der Waals surface area contributed by atoms with Gasteiger partial charge in [-0.05, 0) is 37.0 Å². The largest absolute Gasteiger partial charge is 0.369 e. The molecular weight excluding hydrogens is 318 g/mol. The Balaban J connectivity index is 1.75. The lowest BCUT2D eigenvalue weighted by atomic mass is 10.0. The summed E-state index contributed by atoms with van der Waals surface area (Å²) in [6.45, 7) is 5.25. The van der Waals surface area contributed by atoms with Crippen molar-refractivity contribution in [1.29, 1.82) is 0 Å². The first kappa shape index (κ1) is 15.5. The van der Waals surface area contributed by atoms with E-state index in [-0.39, 0.29) is 5.91 Å². The molecule has 2 rings (SSSR count). The van der Waals surface area contributed by atoms with Gasteiger partial charge in [0.15, 0.2) is 0 Å². The number of nitrogens with zero attached hydrogens (tertiary/aromatic N) is 1. The zero-order valence-corrected chi connectivity index (χ0v) is 13.4. The highest BCUT2D eigenvalue weighted by atomic mass is 79.9. The minimum absolute atomic E-state index is 0.235. The standard InChI is InChI=1S/C15H22BrN3O/c1-11-2-3-12(8-14(11)16)9-18-13-4-6-19(7-5-13)10-15(17)20/h2-3,8,13,18H,4-7,9-10H2,1H3,(H2,17,20). The number of aryl methyl sites for hydroxylation is 1. The van der Waals surface area contributed by atoms with Crippen LogP contribution in [0, 0.1) is 6.92 Å². The molecular formula is C15H22BrN3O. The highest BCUT2D eigenvalue weighted by Crippen LogP contribution is 2.18. The van der Waals surface area contributed by atoms with Crippen molar-refractivity contribution in [2.45, 2.75) is 32.4 Å². The molecule has 0 aliphatic carbocycles. The van der Waals surface area contributed by atoms with E-state index in [0.717, 1.165) is 36.9 Å². The van der Waals surface area contributed by atoms with E-state index in [1.165, 1.54) is 11.1 Å². The second-order valence-electron chi connectivity index (χ2n) is 5.48. The zero-order valence-electron chi connectivity index (χ0n) is 11.9. The average molecular weight is 340 g/mol. The molecule has 0 atom stereocenters. The smallest absolute Gasteiger partial charge is 0.231 e. The van der Waals surface area contributed by atoms with Crippen LogP contribution >= 0.6 is 15.9 Å². The molecule has 20 heavy (non-hydrogen) atoms. The van der Waals surface area contributed by atoms with Crippen molar-refractivity contribution in [3.05, 3.63) is 33.8 Å². The van der Waals surface area contributed by atoms with Crippen LogP contribution in [0.1, 0.15) is 24.0 Å². The number of rotatable bonds is 5. The van der Waals surface area contributed by atoms with Crippen molar-refractivity contribution in [3.8, 4) is 0 Å². The molecule has 1 aliphatic rings. The summed E-state index contributed by atoms with van der Waals surface area (Å²) in [7, 11) is 0. The third-order valence-electron chi connectivity index (χ3n) is 3.80. The second-order valence-corrected chi connectivity index (χ2v) is 6.34. The molecule has 1 heterocycles. The topological polar surface area (TPSA) is 58.4 Å². The Kier molecular flexibility index (Phi) is 5.57. The van der Waals surface area contributed by atoms with Crippen LogP contribution in [0.3, 0.4) is 0 Å². The van der Waals surface area contributed by atoms with E-state index in [0.29, 0.717) is 12.6 Å². The predicted octanol–water partition coefficient (Wildman–Crippen LogP) is 1.80. The third kappa shape index (κ3) is 4.58. The van der Waals surface area contributed by atoms with Gasteiger partial charge in [-0.1, -0.05) is 28.1 Å². The van der Waals surface area contributed by atoms with Crippen molar-refractivity contribution in [2.75, 3.05) is 19.6 Å². The van der Waals surface area contributed by atoms with Crippen molar-refractivity contribution < 1.29 is 4.79 Å². The Bertz CT molecular complexity index is 470. The van der Waals surface area contributed by atoms with E-state index < -0.39 is 0 Å². The average Bonchev–Trinajstić information content (AvgIpc) is 2.41. The first-order chi connectivity index (χ1) is 9.54. The summed E-state index contributed by atoms with van der Waals surface area (Å²) >= 11 is 3.56. The summed E-state index contributed by atoms with van der Waals surface area (Å²) in [4.78, 5) is 13.0. The van der Waals surface area contributed by atoms with E-state index in [1.54, 1.807) is 0 Å². The number of hydrogen-bond donors (Lipinski definition) is 2. The number of halogens is 1. The number of amides is 1. The summed E-state index contributed by atoms with van der Waals surface area (Å²) in [5.74, 6) is -0.235. The monoisotopic (exact) mass is 339 g/mol.